The van der Waals surface area contributed by atoms with Crippen molar-refractivity contribution in [1.82, 2.24) is 5.32 Å². The van der Waals surface area contributed by atoms with Crippen molar-refractivity contribution in [2.45, 2.75) is 19.9 Å². The van der Waals surface area contributed by atoms with Crippen molar-refractivity contribution in [3.05, 3.63) is 46.2 Å². The maximum Gasteiger partial charge on any atom is 0.339 e. The Morgan fingerprint density at radius 2 is 1.62 bits per heavy atom. The molecule has 1 aliphatic rings. The zero-order valence-electron chi connectivity index (χ0n) is 15.8. The molecule has 1 aromatic carbocycles. The van der Waals surface area contributed by atoms with Gasteiger partial charge < -0.3 is 24.3 Å². The monoisotopic (exact) mass is 361 g/mol. The fraction of sp³-hybridized carbons (Fsp3) is 0.368. The molecule has 0 aliphatic carbocycles. The highest BCUT2D eigenvalue weighted by Crippen LogP contribution is 2.39. The molecule has 1 heterocycles. The second-order valence-corrected chi connectivity index (χ2v) is 5.71. The molecule has 0 fully saturated rings. The fourth-order valence-corrected chi connectivity index (χ4v) is 3.07. The van der Waals surface area contributed by atoms with E-state index in [1.165, 1.54) is 21.3 Å². The molecule has 0 aromatic heterocycles. The van der Waals surface area contributed by atoms with Crippen LogP contribution in [0.4, 0.5) is 0 Å². The second-order valence-electron chi connectivity index (χ2n) is 5.71. The minimum absolute atomic E-state index is 0.316. The van der Waals surface area contributed by atoms with E-state index < -0.39 is 18.0 Å². The summed E-state index contributed by atoms with van der Waals surface area (Å²) in [6, 6.07) is 4.77. The Hall–Kier alpha value is -2.96. The van der Waals surface area contributed by atoms with E-state index >= 15 is 0 Å². The third-order valence-corrected chi connectivity index (χ3v) is 4.35. The highest BCUT2D eigenvalue weighted by molar-refractivity contribution is 6.00. The summed E-state index contributed by atoms with van der Waals surface area (Å²) in [7, 11) is 5.70. The van der Waals surface area contributed by atoms with E-state index in [0.717, 1.165) is 5.56 Å². The Labute approximate surface area is 152 Å². The first-order valence-electron chi connectivity index (χ1n) is 7.96. The zero-order valence-corrected chi connectivity index (χ0v) is 15.8. The molecule has 0 bridgehead atoms. The van der Waals surface area contributed by atoms with Crippen molar-refractivity contribution in [1.29, 1.82) is 0 Å². The summed E-state index contributed by atoms with van der Waals surface area (Å²) < 4.78 is 20.5. The molecular formula is C19H23NO6. The van der Waals surface area contributed by atoms with Gasteiger partial charge >= 0.3 is 11.9 Å². The van der Waals surface area contributed by atoms with E-state index in [1.807, 2.05) is 6.07 Å². The Morgan fingerprint density at radius 3 is 2.15 bits per heavy atom. The summed E-state index contributed by atoms with van der Waals surface area (Å²) in [4.78, 5) is 24.6. The molecule has 0 spiro atoms. The third-order valence-electron chi connectivity index (χ3n) is 4.35. The van der Waals surface area contributed by atoms with Gasteiger partial charge in [0.25, 0.3) is 0 Å². The van der Waals surface area contributed by atoms with Crippen LogP contribution >= 0.6 is 0 Å². The lowest BCUT2D eigenvalue weighted by Gasteiger charge is -2.31. The van der Waals surface area contributed by atoms with Crippen LogP contribution in [0.5, 0.6) is 11.5 Å². The Morgan fingerprint density at radius 1 is 0.962 bits per heavy atom. The minimum atomic E-state index is -0.545. The maximum atomic E-state index is 12.5. The number of allylic oxidation sites excluding steroid dienone is 1. The van der Waals surface area contributed by atoms with Gasteiger partial charge in [0, 0.05) is 17.3 Å². The number of nitrogens with one attached hydrogen (secondary N) is 1. The van der Waals surface area contributed by atoms with Gasteiger partial charge in [-0.05, 0) is 31.6 Å². The highest BCUT2D eigenvalue weighted by Gasteiger charge is 2.35. The van der Waals surface area contributed by atoms with Crippen LogP contribution in [-0.4, -0.2) is 40.4 Å². The van der Waals surface area contributed by atoms with E-state index in [9.17, 15) is 9.59 Å². The summed E-state index contributed by atoms with van der Waals surface area (Å²) in [5.41, 5.74) is 2.46. The van der Waals surface area contributed by atoms with Crippen LogP contribution in [0, 0.1) is 0 Å². The molecular weight excluding hydrogens is 338 g/mol. The van der Waals surface area contributed by atoms with E-state index in [4.69, 9.17) is 18.9 Å². The smallest absolute Gasteiger partial charge is 0.339 e. The van der Waals surface area contributed by atoms with E-state index in [2.05, 4.69) is 5.32 Å². The van der Waals surface area contributed by atoms with Crippen LogP contribution in [0.1, 0.15) is 25.5 Å². The van der Waals surface area contributed by atoms with Gasteiger partial charge in [-0.3, -0.25) is 0 Å². The fourth-order valence-electron chi connectivity index (χ4n) is 3.07. The molecule has 0 radical (unpaired) electrons. The average molecular weight is 361 g/mol. The second kappa shape index (κ2) is 7.95. The van der Waals surface area contributed by atoms with Crippen molar-refractivity contribution in [3.63, 3.8) is 0 Å². The molecule has 7 nitrogen and oxygen atoms in total. The first-order chi connectivity index (χ1) is 12.4. The lowest BCUT2D eigenvalue weighted by Crippen LogP contribution is -2.33. The molecule has 7 heteroatoms. The summed E-state index contributed by atoms with van der Waals surface area (Å²) >= 11 is 0. The first-order valence-corrected chi connectivity index (χ1v) is 7.96. The lowest BCUT2D eigenvalue weighted by atomic mass is 9.86. The van der Waals surface area contributed by atoms with Crippen LogP contribution in [0.2, 0.25) is 0 Å². The largest absolute Gasteiger partial charge is 0.497 e. The Balaban J connectivity index is 2.66. The quantitative estimate of drug-likeness (QED) is 0.806. The molecule has 1 aliphatic heterocycles. The number of carbonyl (C=O) groups excluding carboxylic acids is 2. The molecule has 2 rings (SSSR count). The van der Waals surface area contributed by atoms with Crippen molar-refractivity contribution in [2.75, 3.05) is 28.4 Å². The van der Waals surface area contributed by atoms with Crippen molar-refractivity contribution >= 4 is 11.9 Å². The van der Waals surface area contributed by atoms with Crippen LogP contribution in [0.25, 0.3) is 0 Å². The van der Waals surface area contributed by atoms with Gasteiger partial charge in [0.15, 0.2) is 0 Å². The number of esters is 2. The number of benzene rings is 1. The van der Waals surface area contributed by atoms with Gasteiger partial charge in [-0.15, -0.1) is 0 Å². The van der Waals surface area contributed by atoms with Crippen molar-refractivity contribution < 1.29 is 28.5 Å². The summed E-state index contributed by atoms with van der Waals surface area (Å²) in [6.07, 6.45) is 0. The number of rotatable bonds is 5. The van der Waals surface area contributed by atoms with Gasteiger partial charge in [-0.2, -0.15) is 0 Å². The average Bonchev–Trinajstić information content (AvgIpc) is 2.66. The van der Waals surface area contributed by atoms with Crippen LogP contribution in [0.15, 0.2) is 40.6 Å². The number of dihydropyridines is 1. The molecule has 0 amide bonds. The predicted octanol–water partition coefficient (Wildman–Crippen LogP) is 2.28. The van der Waals surface area contributed by atoms with E-state index in [0.29, 0.717) is 33.9 Å². The number of ether oxygens (including phenoxy) is 4. The zero-order chi connectivity index (χ0) is 19.4. The van der Waals surface area contributed by atoms with Crippen molar-refractivity contribution in [3.8, 4) is 11.5 Å². The predicted molar refractivity (Wildman–Crippen MR) is 94.9 cm³/mol. The van der Waals surface area contributed by atoms with Gasteiger partial charge in [0.05, 0.1) is 45.6 Å². The SMILES string of the molecule is COC(=O)C1=C(C)NC(c2ccc(OC)cc2OC)C(C(=O)OC)=C1C. The number of hydrogen-bond acceptors (Lipinski definition) is 7. The summed E-state index contributed by atoms with van der Waals surface area (Å²) in [6.45, 7) is 3.46. The minimum Gasteiger partial charge on any atom is -0.497 e. The molecule has 1 atom stereocenters. The summed E-state index contributed by atoms with van der Waals surface area (Å²) in [5.74, 6) is 0.121. The van der Waals surface area contributed by atoms with Gasteiger partial charge in [0.2, 0.25) is 0 Å². The van der Waals surface area contributed by atoms with Gasteiger partial charge in [-0.25, -0.2) is 9.59 Å². The molecule has 1 aromatic rings. The topological polar surface area (TPSA) is 83.1 Å². The Kier molecular flexibility index (Phi) is 5.92. The highest BCUT2D eigenvalue weighted by atomic mass is 16.5. The summed E-state index contributed by atoms with van der Waals surface area (Å²) in [5, 5.41) is 3.21. The number of methoxy groups -OCH3 is 4. The molecule has 1 N–H and O–H groups in total. The lowest BCUT2D eigenvalue weighted by molar-refractivity contribution is -0.136. The standard InChI is InChI=1S/C19H23NO6/c1-10-15(18(21)25-5)11(2)20-17(16(10)19(22)26-6)13-8-7-12(23-3)9-14(13)24-4/h7-9,17,20H,1-6H3. The third kappa shape index (κ3) is 3.37. The molecule has 0 saturated carbocycles. The van der Waals surface area contributed by atoms with Crippen LogP contribution < -0.4 is 14.8 Å². The Bertz CT molecular complexity index is 793. The van der Waals surface area contributed by atoms with Crippen LogP contribution in [0.3, 0.4) is 0 Å². The normalized spacial score (nSPS) is 16.8. The molecule has 26 heavy (non-hydrogen) atoms. The van der Waals surface area contributed by atoms with E-state index in [-0.39, 0.29) is 0 Å². The molecule has 0 saturated heterocycles. The van der Waals surface area contributed by atoms with E-state index in [1.54, 1.807) is 33.1 Å². The number of carbonyl (C=O) groups is 2. The first kappa shape index (κ1) is 19.4. The van der Waals surface area contributed by atoms with Crippen molar-refractivity contribution in [2.24, 2.45) is 0 Å². The maximum absolute atomic E-state index is 12.5. The van der Waals surface area contributed by atoms with Gasteiger partial charge in [0.1, 0.15) is 11.5 Å². The molecule has 140 valence electrons. The molecule has 1 unspecified atom stereocenters. The number of hydrogen-bond donors (Lipinski definition) is 1. The van der Waals surface area contributed by atoms with Crippen LogP contribution in [-0.2, 0) is 19.1 Å². The van der Waals surface area contributed by atoms with Gasteiger partial charge in [-0.1, -0.05) is 0 Å².